The van der Waals surface area contributed by atoms with Crippen LogP contribution in [0, 0.1) is 5.92 Å². The van der Waals surface area contributed by atoms with Crippen LogP contribution in [-0.2, 0) is 4.79 Å². The average molecular weight is 384 g/mol. The molecule has 1 heterocycles. The molecule has 0 aliphatic heterocycles. The molecule has 2 aromatic rings. The van der Waals surface area contributed by atoms with E-state index in [9.17, 15) is 14.7 Å². The van der Waals surface area contributed by atoms with Crippen molar-refractivity contribution in [2.75, 3.05) is 11.9 Å². The molecular weight excluding hydrogens is 356 g/mol. The molecule has 2 amide bonds. The monoisotopic (exact) mass is 384 g/mol. The van der Waals surface area contributed by atoms with Gasteiger partial charge in [0.15, 0.2) is 0 Å². The lowest BCUT2D eigenvalue weighted by Gasteiger charge is -2.25. The number of hydrogen-bond donors (Lipinski definition) is 3. The van der Waals surface area contributed by atoms with Gasteiger partial charge in [-0.2, -0.15) is 9.78 Å². The van der Waals surface area contributed by atoms with Crippen molar-refractivity contribution < 1.29 is 14.7 Å². The van der Waals surface area contributed by atoms with Crippen LogP contribution in [0.1, 0.15) is 58.1 Å². The molecule has 0 atom stereocenters. The molecule has 1 aliphatic rings. The lowest BCUT2D eigenvalue weighted by atomic mass is 9.82. The largest absolute Gasteiger partial charge is 0.507 e. The summed E-state index contributed by atoms with van der Waals surface area (Å²) in [5.41, 5.74) is 2.49. The second-order valence-corrected chi connectivity index (χ2v) is 7.60. The van der Waals surface area contributed by atoms with E-state index in [0.717, 1.165) is 31.4 Å². The molecule has 1 aliphatic carbocycles. The summed E-state index contributed by atoms with van der Waals surface area (Å²) in [5.74, 6) is 0.0705. The SMILES string of the molecule is CCCNC(=O)n1nc(-c2ccc(NC(=O)C(C)C)cc2O)cc1C1CCC1. The molecule has 0 bridgehead atoms. The lowest BCUT2D eigenvalue weighted by molar-refractivity contribution is -0.118. The number of hydrogen-bond acceptors (Lipinski definition) is 4. The van der Waals surface area contributed by atoms with Crippen molar-refractivity contribution in [1.82, 2.24) is 15.1 Å². The maximum Gasteiger partial charge on any atom is 0.342 e. The van der Waals surface area contributed by atoms with Gasteiger partial charge >= 0.3 is 6.03 Å². The maximum absolute atomic E-state index is 12.5. The molecule has 7 heteroatoms. The quantitative estimate of drug-likeness (QED) is 0.699. The van der Waals surface area contributed by atoms with Crippen LogP contribution in [0.3, 0.4) is 0 Å². The second-order valence-electron chi connectivity index (χ2n) is 7.60. The fourth-order valence-electron chi connectivity index (χ4n) is 3.10. The van der Waals surface area contributed by atoms with Crippen LogP contribution in [0.5, 0.6) is 5.75 Å². The van der Waals surface area contributed by atoms with Crippen LogP contribution in [0.15, 0.2) is 24.3 Å². The van der Waals surface area contributed by atoms with Gasteiger partial charge in [-0.05, 0) is 37.5 Å². The molecule has 1 fully saturated rings. The summed E-state index contributed by atoms with van der Waals surface area (Å²) in [6, 6.07) is 6.60. The van der Waals surface area contributed by atoms with Gasteiger partial charge in [0.1, 0.15) is 5.75 Å². The zero-order valence-electron chi connectivity index (χ0n) is 16.7. The number of rotatable bonds is 6. The number of aromatic hydroxyl groups is 1. The number of aromatic nitrogens is 2. The van der Waals surface area contributed by atoms with E-state index < -0.39 is 0 Å². The number of carbonyl (C=O) groups is 2. The van der Waals surface area contributed by atoms with E-state index >= 15 is 0 Å². The summed E-state index contributed by atoms with van der Waals surface area (Å²) in [4.78, 5) is 24.4. The van der Waals surface area contributed by atoms with Crippen molar-refractivity contribution in [2.24, 2.45) is 5.92 Å². The summed E-state index contributed by atoms with van der Waals surface area (Å²) < 4.78 is 1.43. The van der Waals surface area contributed by atoms with E-state index in [1.807, 2.05) is 26.8 Å². The fraction of sp³-hybridized carbons (Fsp3) is 0.476. The summed E-state index contributed by atoms with van der Waals surface area (Å²) in [6.07, 6.45) is 4.08. The number of nitrogens with one attached hydrogen (secondary N) is 2. The Hall–Kier alpha value is -2.83. The van der Waals surface area contributed by atoms with Crippen molar-refractivity contribution >= 4 is 17.6 Å². The third kappa shape index (κ3) is 4.18. The minimum Gasteiger partial charge on any atom is -0.507 e. The number of phenols is 1. The molecule has 3 N–H and O–H groups in total. The van der Waals surface area contributed by atoms with Gasteiger partial charge in [-0.3, -0.25) is 4.79 Å². The van der Waals surface area contributed by atoms with Gasteiger partial charge in [-0.1, -0.05) is 27.2 Å². The Balaban J connectivity index is 1.89. The summed E-state index contributed by atoms with van der Waals surface area (Å²) in [6.45, 7) is 6.20. The van der Waals surface area contributed by atoms with E-state index in [1.54, 1.807) is 12.1 Å². The molecule has 0 spiro atoms. The lowest BCUT2D eigenvalue weighted by Crippen LogP contribution is -2.32. The summed E-state index contributed by atoms with van der Waals surface area (Å²) in [5, 5.41) is 20.6. The Morgan fingerprint density at radius 3 is 2.61 bits per heavy atom. The molecule has 0 radical (unpaired) electrons. The number of carbonyl (C=O) groups excluding carboxylic acids is 2. The van der Waals surface area contributed by atoms with E-state index in [-0.39, 0.29) is 23.6 Å². The van der Waals surface area contributed by atoms with Gasteiger partial charge in [0, 0.05) is 35.7 Å². The van der Waals surface area contributed by atoms with E-state index in [4.69, 9.17) is 0 Å². The highest BCUT2D eigenvalue weighted by Gasteiger charge is 2.27. The minimum absolute atomic E-state index is 0.0142. The molecule has 0 unspecified atom stereocenters. The number of phenolic OH excluding ortho intramolecular Hbond substituents is 1. The zero-order chi connectivity index (χ0) is 20.3. The highest BCUT2D eigenvalue weighted by molar-refractivity contribution is 5.92. The second kappa shape index (κ2) is 8.46. The average Bonchev–Trinajstić information content (AvgIpc) is 3.02. The Bertz CT molecular complexity index is 869. The Morgan fingerprint density at radius 2 is 2.04 bits per heavy atom. The smallest absolute Gasteiger partial charge is 0.342 e. The predicted octanol–water partition coefficient (Wildman–Crippen LogP) is 4.09. The van der Waals surface area contributed by atoms with Crippen LogP contribution in [0.4, 0.5) is 10.5 Å². The molecular formula is C21H28N4O3. The molecule has 1 aromatic carbocycles. The number of benzene rings is 1. The van der Waals surface area contributed by atoms with Gasteiger partial charge < -0.3 is 15.7 Å². The normalized spacial score (nSPS) is 14.0. The number of anilines is 1. The first-order chi connectivity index (χ1) is 13.4. The van der Waals surface area contributed by atoms with E-state index in [0.29, 0.717) is 29.4 Å². The Labute approximate surface area is 165 Å². The molecule has 1 saturated carbocycles. The maximum atomic E-state index is 12.5. The van der Waals surface area contributed by atoms with Crippen LogP contribution >= 0.6 is 0 Å². The Kier molecular flexibility index (Phi) is 6.02. The van der Waals surface area contributed by atoms with Gasteiger partial charge in [0.25, 0.3) is 0 Å². The molecule has 150 valence electrons. The molecule has 1 aromatic heterocycles. The highest BCUT2D eigenvalue weighted by atomic mass is 16.3. The standard InChI is InChI=1S/C21H28N4O3/c1-4-10-22-21(28)25-18(14-6-5-7-14)12-17(24-25)16-9-8-15(11-19(16)26)23-20(27)13(2)3/h8-9,11-14,26H,4-7,10H2,1-3H3,(H,22,28)(H,23,27). The van der Waals surface area contributed by atoms with Gasteiger partial charge in [-0.15, -0.1) is 0 Å². The van der Waals surface area contributed by atoms with Crippen LogP contribution in [0.2, 0.25) is 0 Å². The number of nitrogens with zero attached hydrogens (tertiary/aromatic N) is 2. The van der Waals surface area contributed by atoms with Crippen LogP contribution < -0.4 is 10.6 Å². The first-order valence-corrected chi connectivity index (χ1v) is 9.93. The van der Waals surface area contributed by atoms with E-state index in [2.05, 4.69) is 15.7 Å². The van der Waals surface area contributed by atoms with Crippen molar-refractivity contribution in [2.45, 2.75) is 52.4 Å². The van der Waals surface area contributed by atoms with Gasteiger partial charge in [0.2, 0.25) is 5.91 Å². The summed E-state index contributed by atoms with van der Waals surface area (Å²) >= 11 is 0. The predicted molar refractivity (Wildman–Crippen MR) is 108 cm³/mol. The third-order valence-corrected chi connectivity index (χ3v) is 5.04. The van der Waals surface area contributed by atoms with Crippen molar-refractivity contribution in [3.63, 3.8) is 0 Å². The van der Waals surface area contributed by atoms with Gasteiger partial charge in [0.05, 0.1) is 11.4 Å². The van der Waals surface area contributed by atoms with Crippen LogP contribution in [-0.4, -0.2) is 33.4 Å². The first-order valence-electron chi connectivity index (χ1n) is 9.93. The third-order valence-electron chi connectivity index (χ3n) is 5.04. The molecule has 28 heavy (non-hydrogen) atoms. The number of amides is 2. The molecule has 3 rings (SSSR count). The van der Waals surface area contributed by atoms with Crippen molar-refractivity contribution in [3.05, 3.63) is 30.0 Å². The molecule has 0 saturated heterocycles. The first kappa shape index (κ1) is 19.9. The zero-order valence-corrected chi connectivity index (χ0v) is 16.7. The van der Waals surface area contributed by atoms with Crippen molar-refractivity contribution in [1.29, 1.82) is 0 Å². The summed E-state index contributed by atoms with van der Waals surface area (Å²) in [7, 11) is 0. The van der Waals surface area contributed by atoms with Crippen molar-refractivity contribution in [3.8, 4) is 17.0 Å². The Morgan fingerprint density at radius 1 is 1.29 bits per heavy atom. The fourth-order valence-corrected chi connectivity index (χ4v) is 3.10. The van der Waals surface area contributed by atoms with Crippen LogP contribution in [0.25, 0.3) is 11.3 Å². The molecule has 7 nitrogen and oxygen atoms in total. The minimum atomic E-state index is -0.240. The highest BCUT2D eigenvalue weighted by Crippen LogP contribution is 2.39. The van der Waals surface area contributed by atoms with Gasteiger partial charge in [-0.25, -0.2) is 4.79 Å². The topological polar surface area (TPSA) is 96.3 Å². The van der Waals surface area contributed by atoms with E-state index in [1.165, 1.54) is 10.7 Å².